The number of hydrogen-bond acceptors (Lipinski definition) is 4. The van der Waals surface area contributed by atoms with Gasteiger partial charge in [-0.2, -0.15) is 9.10 Å². The third kappa shape index (κ3) is 4.67. The number of sulfonamides is 1. The Morgan fingerprint density at radius 2 is 1.67 bits per heavy atom. The molecule has 0 saturated heterocycles. The number of carbonyl (C=O) groups excluding carboxylic acids is 2. The molecule has 0 bridgehead atoms. The molecule has 0 amide bonds. The summed E-state index contributed by atoms with van der Waals surface area (Å²) in [4.78, 5) is 25.8. The van der Waals surface area contributed by atoms with Crippen molar-refractivity contribution < 1.29 is 22.8 Å². The number of aryl methyl sites for hydroxylation is 1. The zero-order valence-corrected chi connectivity index (χ0v) is 14.8. The van der Waals surface area contributed by atoms with Crippen LogP contribution in [0, 0.1) is 0 Å². The van der Waals surface area contributed by atoms with Crippen molar-refractivity contribution in [1.82, 2.24) is 4.31 Å². The van der Waals surface area contributed by atoms with Crippen LogP contribution in [0.3, 0.4) is 0 Å². The van der Waals surface area contributed by atoms with E-state index in [0.717, 1.165) is 12.5 Å². The van der Waals surface area contributed by atoms with Crippen molar-refractivity contribution in [1.29, 1.82) is 0 Å². The Labute approximate surface area is 142 Å². The zero-order chi connectivity index (χ0) is 18.3. The predicted octanol–water partition coefficient (Wildman–Crippen LogP) is 1.48. The van der Waals surface area contributed by atoms with E-state index in [-0.39, 0.29) is 11.3 Å². The molecule has 0 fully saturated rings. The first-order valence-electron chi connectivity index (χ1n) is 7.63. The molecule has 7 nitrogen and oxygen atoms in total. The topological polar surface area (TPSA) is 108 Å². The second kappa shape index (κ2) is 8.63. The monoisotopic (exact) mass is 351 g/mol. The number of hydrogen-bond donors (Lipinski definition) is 0. The van der Waals surface area contributed by atoms with E-state index < -0.39 is 27.3 Å². The lowest BCUT2D eigenvalue weighted by atomic mass is 10.0. The van der Waals surface area contributed by atoms with Crippen LogP contribution in [-0.2, 0) is 26.0 Å². The lowest BCUT2D eigenvalue weighted by Crippen LogP contribution is -2.30. The highest BCUT2D eigenvalue weighted by molar-refractivity contribution is 7.89. The van der Waals surface area contributed by atoms with Gasteiger partial charge in [-0.05, 0) is 24.1 Å². The van der Waals surface area contributed by atoms with E-state index in [1.807, 2.05) is 0 Å². The SMILES string of the molecule is CCN(CC)S(=O)(=O)c1ccc(CCC(=O)C(=[N+]=[N-])C(C)=O)cc1. The van der Waals surface area contributed by atoms with Gasteiger partial charge in [-0.3, -0.25) is 9.59 Å². The van der Waals surface area contributed by atoms with Gasteiger partial charge in [-0.25, -0.2) is 8.42 Å². The van der Waals surface area contributed by atoms with Crippen LogP contribution < -0.4 is 0 Å². The molecule has 0 radical (unpaired) electrons. The van der Waals surface area contributed by atoms with Gasteiger partial charge in [-0.1, -0.05) is 26.0 Å². The average molecular weight is 351 g/mol. The van der Waals surface area contributed by atoms with Gasteiger partial charge in [0.15, 0.2) is 0 Å². The summed E-state index contributed by atoms with van der Waals surface area (Å²) in [6, 6.07) is 6.26. The molecular formula is C16H21N3O4S. The number of ketones is 2. The summed E-state index contributed by atoms with van der Waals surface area (Å²) in [7, 11) is -3.51. The molecular weight excluding hydrogens is 330 g/mol. The molecule has 0 aliphatic heterocycles. The van der Waals surface area contributed by atoms with Gasteiger partial charge in [-0.15, -0.1) is 0 Å². The van der Waals surface area contributed by atoms with Crippen molar-refractivity contribution in [3.8, 4) is 0 Å². The van der Waals surface area contributed by atoms with Gasteiger partial charge in [0, 0.05) is 26.4 Å². The molecule has 1 aromatic carbocycles. The average Bonchev–Trinajstić information content (AvgIpc) is 2.54. The Kier molecular flexibility index (Phi) is 7.16. The maximum atomic E-state index is 12.4. The van der Waals surface area contributed by atoms with Crippen LogP contribution in [0.2, 0.25) is 0 Å². The Bertz CT molecular complexity index is 759. The van der Waals surface area contributed by atoms with Crippen LogP contribution in [0.4, 0.5) is 0 Å². The third-order valence-corrected chi connectivity index (χ3v) is 5.67. The summed E-state index contributed by atoms with van der Waals surface area (Å²) >= 11 is 0. The maximum absolute atomic E-state index is 12.4. The van der Waals surface area contributed by atoms with Crippen molar-refractivity contribution >= 4 is 27.3 Å². The highest BCUT2D eigenvalue weighted by atomic mass is 32.2. The summed E-state index contributed by atoms with van der Waals surface area (Å²) in [5, 5.41) is 0. The molecule has 0 saturated carbocycles. The summed E-state index contributed by atoms with van der Waals surface area (Å²) in [6.45, 7) is 5.49. The Hall–Kier alpha value is -2.15. The fourth-order valence-corrected chi connectivity index (χ4v) is 3.70. The molecule has 0 aliphatic carbocycles. The molecule has 0 atom stereocenters. The van der Waals surface area contributed by atoms with Crippen LogP contribution in [-0.4, -0.2) is 47.9 Å². The molecule has 8 heteroatoms. The Morgan fingerprint density at radius 1 is 1.12 bits per heavy atom. The minimum atomic E-state index is -3.51. The Morgan fingerprint density at radius 3 is 2.08 bits per heavy atom. The minimum absolute atomic E-state index is 0.00111. The van der Waals surface area contributed by atoms with Gasteiger partial charge < -0.3 is 5.53 Å². The van der Waals surface area contributed by atoms with E-state index in [2.05, 4.69) is 4.79 Å². The minimum Gasteiger partial charge on any atom is -0.360 e. The maximum Gasteiger partial charge on any atom is 0.399 e. The second-order valence-electron chi connectivity index (χ2n) is 5.16. The molecule has 0 heterocycles. The van der Waals surface area contributed by atoms with Gasteiger partial charge in [0.2, 0.25) is 21.6 Å². The van der Waals surface area contributed by atoms with Gasteiger partial charge in [0.1, 0.15) is 0 Å². The van der Waals surface area contributed by atoms with Gasteiger partial charge in [0.05, 0.1) is 4.90 Å². The van der Waals surface area contributed by atoms with Crippen LogP contribution in [0.1, 0.15) is 32.8 Å². The fourth-order valence-electron chi connectivity index (χ4n) is 2.24. The normalized spacial score (nSPS) is 11.2. The molecule has 0 N–H and O–H groups in total. The lowest BCUT2D eigenvalue weighted by molar-refractivity contribution is -0.123. The fraction of sp³-hybridized carbons (Fsp3) is 0.438. The van der Waals surface area contributed by atoms with E-state index in [4.69, 9.17) is 5.53 Å². The number of rotatable bonds is 9. The zero-order valence-electron chi connectivity index (χ0n) is 14.0. The molecule has 0 aliphatic rings. The quantitative estimate of drug-likeness (QED) is 0.290. The van der Waals surface area contributed by atoms with E-state index in [0.29, 0.717) is 19.5 Å². The molecule has 130 valence electrons. The van der Waals surface area contributed by atoms with Crippen LogP contribution in [0.15, 0.2) is 29.2 Å². The van der Waals surface area contributed by atoms with E-state index in [9.17, 15) is 18.0 Å². The number of nitrogens with zero attached hydrogens (tertiary/aromatic N) is 3. The van der Waals surface area contributed by atoms with E-state index in [1.165, 1.54) is 16.4 Å². The van der Waals surface area contributed by atoms with Crippen molar-refractivity contribution in [2.75, 3.05) is 13.1 Å². The highest BCUT2D eigenvalue weighted by Crippen LogP contribution is 2.17. The van der Waals surface area contributed by atoms with E-state index >= 15 is 0 Å². The first-order chi connectivity index (χ1) is 11.3. The number of carbonyl (C=O) groups is 2. The van der Waals surface area contributed by atoms with Gasteiger partial charge >= 0.3 is 5.71 Å². The van der Waals surface area contributed by atoms with Crippen molar-refractivity contribution in [3.63, 3.8) is 0 Å². The smallest absolute Gasteiger partial charge is 0.360 e. The lowest BCUT2D eigenvalue weighted by Gasteiger charge is -2.18. The predicted molar refractivity (Wildman–Crippen MR) is 89.2 cm³/mol. The molecule has 0 aromatic heterocycles. The summed E-state index contributed by atoms with van der Waals surface area (Å²) < 4.78 is 26.1. The highest BCUT2D eigenvalue weighted by Gasteiger charge is 2.25. The van der Waals surface area contributed by atoms with Crippen molar-refractivity contribution in [3.05, 3.63) is 35.4 Å². The van der Waals surface area contributed by atoms with Crippen molar-refractivity contribution in [2.45, 2.75) is 38.5 Å². The number of Topliss-reactive ketones (excluding diaryl/α,β-unsaturated/α-hetero) is 2. The summed E-state index contributed by atoms with van der Waals surface area (Å²) in [5.41, 5.74) is 8.94. The van der Waals surface area contributed by atoms with Crippen LogP contribution >= 0.6 is 0 Å². The largest absolute Gasteiger partial charge is 0.399 e. The second-order valence-corrected chi connectivity index (χ2v) is 7.10. The first-order valence-corrected chi connectivity index (χ1v) is 9.07. The first kappa shape index (κ1) is 19.9. The Balaban J connectivity index is 2.84. The summed E-state index contributed by atoms with van der Waals surface area (Å²) in [6.07, 6.45) is 0.317. The molecule has 24 heavy (non-hydrogen) atoms. The van der Waals surface area contributed by atoms with Crippen molar-refractivity contribution in [2.24, 2.45) is 0 Å². The molecule has 0 spiro atoms. The molecule has 1 aromatic rings. The van der Waals surface area contributed by atoms with E-state index in [1.54, 1.807) is 26.0 Å². The number of benzene rings is 1. The van der Waals surface area contributed by atoms with Gasteiger partial charge in [0.25, 0.3) is 0 Å². The standard InChI is InChI=1S/C16H21N3O4S/c1-4-19(5-2)24(22,23)14-9-6-13(7-10-14)8-11-15(21)16(18-17)12(3)20/h6-7,9-10H,4-5,8,11H2,1-3H3. The molecule has 0 unspecified atom stereocenters. The van der Waals surface area contributed by atoms with Crippen LogP contribution in [0.25, 0.3) is 5.53 Å². The molecule has 1 rings (SSSR count). The van der Waals surface area contributed by atoms with Crippen LogP contribution in [0.5, 0.6) is 0 Å². The summed E-state index contributed by atoms with van der Waals surface area (Å²) in [5.74, 6) is -1.15. The third-order valence-electron chi connectivity index (χ3n) is 3.60.